The van der Waals surface area contributed by atoms with E-state index in [1.54, 1.807) is 7.05 Å². The molecule has 2 fully saturated rings. The highest BCUT2D eigenvalue weighted by Crippen LogP contribution is 2.26. The van der Waals surface area contributed by atoms with E-state index in [9.17, 15) is 13.2 Å². The predicted octanol–water partition coefficient (Wildman–Crippen LogP) is 3.93. The van der Waals surface area contributed by atoms with Crippen molar-refractivity contribution in [3.8, 4) is 5.75 Å². The van der Waals surface area contributed by atoms with Gasteiger partial charge in [-0.05, 0) is 38.2 Å². The molecule has 1 saturated carbocycles. The third kappa shape index (κ3) is 7.84. The van der Waals surface area contributed by atoms with E-state index in [1.807, 2.05) is 24.3 Å². The highest BCUT2D eigenvalue weighted by Gasteiger charge is 2.34. The van der Waals surface area contributed by atoms with Crippen molar-refractivity contribution >= 4 is 29.9 Å². The summed E-state index contributed by atoms with van der Waals surface area (Å²) in [6, 6.07) is 7.90. The number of nitrogens with zero attached hydrogens (tertiary/aromatic N) is 2. The molecule has 1 atom stereocenters. The predicted molar refractivity (Wildman–Crippen MR) is 119 cm³/mol. The minimum absolute atomic E-state index is 0. The van der Waals surface area contributed by atoms with Crippen LogP contribution >= 0.6 is 24.0 Å². The second kappa shape index (κ2) is 11.2. The maximum absolute atomic E-state index is 12.5. The Kier molecular flexibility index (Phi) is 9.32. The van der Waals surface area contributed by atoms with Crippen molar-refractivity contribution in [3.63, 3.8) is 0 Å². The molecule has 2 aliphatic rings. The van der Waals surface area contributed by atoms with Gasteiger partial charge in [0.1, 0.15) is 5.75 Å². The van der Waals surface area contributed by atoms with Crippen molar-refractivity contribution in [1.29, 1.82) is 0 Å². The van der Waals surface area contributed by atoms with Crippen LogP contribution in [0.4, 0.5) is 13.2 Å². The van der Waals surface area contributed by atoms with E-state index in [0.29, 0.717) is 32.0 Å². The second-order valence-corrected chi connectivity index (χ2v) is 7.54. The van der Waals surface area contributed by atoms with Crippen molar-refractivity contribution in [1.82, 2.24) is 15.5 Å². The first-order chi connectivity index (χ1) is 13.4. The van der Waals surface area contributed by atoms with Gasteiger partial charge in [-0.15, -0.1) is 24.0 Å². The highest BCUT2D eigenvalue weighted by atomic mass is 127. The summed E-state index contributed by atoms with van der Waals surface area (Å²) in [4.78, 5) is 5.64. The Morgan fingerprint density at radius 3 is 2.62 bits per heavy atom. The zero-order valence-corrected chi connectivity index (χ0v) is 19.0. The molecule has 3 rings (SSSR count). The van der Waals surface area contributed by atoms with Crippen molar-refractivity contribution in [3.05, 3.63) is 29.8 Å². The molecule has 0 spiro atoms. The number of guanidine groups is 1. The Balaban J connectivity index is 0.00000300. The summed E-state index contributed by atoms with van der Waals surface area (Å²) in [5, 5.41) is 6.49. The minimum Gasteiger partial charge on any atom is -0.490 e. The largest absolute Gasteiger partial charge is 0.490 e. The summed E-state index contributed by atoms with van der Waals surface area (Å²) < 4.78 is 43.8. The summed E-state index contributed by atoms with van der Waals surface area (Å²) in [6.45, 7) is 0.485. The highest BCUT2D eigenvalue weighted by molar-refractivity contribution is 14.0. The zero-order valence-electron chi connectivity index (χ0n) is 16.7. The molecule has 1 aliphatic heterocycles. The molecule has 0 amide bonds. The Hall–Kier alpha value is -1.23. The van der Waals surface area contributed by atoms with E-state index in [1.165, 1.54) is 17.7 Å². The molecule has 1 unspecified atom stereocenters. The fourth-order valence-corrected chi connectivity index (χ4v) is 3.87. The Morgan fingerprint density at radius 2 is 1.93 bits per heavy atom. The van der Waals surface area contributed by atoms with Gasteiger partial charge >= 0.3 is 6.18 Å². The first-order valence-electron chi connectivity index (χ1n) is 9.94. The molecule has 0 aromatic heterocycles. The number of likely N-dealkylation sites (tertiary alicyclic amines) is 1. The molecule has 2 N–H and O–H groups in total. The van der Waals surface area contributed by atoms with Crippen LogP contribution in [0.25, 0.3) is 0 Å². The van der Waals surface area contributed by atoms with E-state index in [-0.39, 0.29) is 36.1 Å². The quantitative estimate of drug-likeness (QED) is 0.335. The molecular weight excluding hydrogens is 496 g/mol. The van der Waals surface area contributed by atoms with Crippen LogP contribution < -0.4 is 15.4 Å². The maximum Gasteiger partial charge on any atom is 0.401 e. The Bertz CT molecular complexity index is 665. The molecule has 1 heterocycles. The van der Waals surface area contributed by atoms with E-state index < -0.39 is 12.7 Å². The molecule has 9 heteroatoms. The van der Waals surface area contributed by atoms with Gasteiger partial charge in [0.05, 0.1) is 12.6 Å². The van der Waals surface area contributed by atoms with Gasteiger partial charge in [0.25, 0.3) is 0 Å². The first kappa shape index (κ1) is 24.0. The molecule has 0 radical (unpaired) electrons. The van der Waals surface area contributed by atoms with Crippen LogP contribution in [-0.2, 0) is 6.54 Å². The molecular formula is C20H30F3IN4O. The lowest BCUT2D eigenvalue weighted by atomic mass is 10.2. The van der Waals surface area contributed by atoms with Gasteiger partial charge in [0, 0.05) is 38.3 Å². The molecule has 5 nitrogen and oxygen atoms in total. The third-order valence-corrected chi connectivity index (χ3v) is 5.25. The summed E-state index contributed by atoms with van der Waals surface area (Å²) in [7, 11) is 1.67. The fraction of sp³-hybridized carbons (Fsp3) is 0.650. The van der Waals surface area contributed by atoms with Crippen LogP contribution in [-0.4, -0.2) is 55.9 Å². The van der Waals surface area contributed by atoms with Crippen LogP contribution in [0.5, 0.6) is 5.75 Å². The Labute approximate surface area is 187 Å². The number of hydrogen-bond donors (Lipinski definition) is 2. The summed E-state index contributed by atoms with van der Waals surface area (Å²) in [5.41, 5.74) is 1.04. The average molecular weight is 526 g/mol. The van der Waals surface area contributed by atoms with E-state index in [2.05, 4.69) is 15.6 Å². The average Bonchev–Trinajstić information content (AvgIpc) is 3.30. The lowest BCUT2D eigenvalue weighted by molar-refractivity contribution is -0.143. The Morgan fingerprint density at radius 1 is 1.21 bits per heavy atom. The van der Waals surface area contributed by atoms with E-state index in [4.69, 9.17) is 4.74 Å². The number of halogens is 4. The summed E-state index contributed by atoms with van der Waals surface area (Å²) >= 11 is 0. The van der Waals surface area contributed by atoms with Gasteiger partial charge in [0.15, 0.2) is 5.96 Å². The number of para-hydroxylation sites is 1. The zero-order chi connectivity index (χ0) is 20.0. The fourth-order valence-electron chi connectivity index (χ4n) is 3.87. The number of alkyl halides is 3. The molecule has 29 heavy (non-hydrogen) atoms. The lowest BCUT2D eigenvalue weighted by Gasteiger charge is -2.20. The van der Waals surface area contributed by atoms with Crippen LogP contribution in [0.1, 0.15) is 37.7 Å². The van der Waals surface area contributed by atoms with E-state index in [0.717, 1.165) is 24.2 Å². The molecule has 1 saturated heterocycles. The SMILES string of the molecule is CN=C(NCc1ccccc1OC1CCCC1)NC1CCN(CC(F)(F)F)C1.I. The summed E-state index contributed by atoms with van der Waals surface area (Å²) in [5.74, 6) is 1.48. The normalized spacial score (nSPS) is 21.1. The summed E-state index contributed by atoms with van der Waals surface area (Å²) in [6.07, 6.45) is 1.43. The number of benzene rings is 1. The number of aliphatic imine (C=N–C) groups is 1. The van der Waals surface area contributed by atoms with Crippen LogP contribution in [0.2, 0.25) is 0 Å². The number of rotatable bonds is 6. The number of nitrogens with one attached hydrogen (secondary N) is 2. The van der Waals surface area contributed by atoms with Crippen molar-refractivity contribution in [2.75, 3.05) is 26.7 Å². The maximum atomic E-state index is 12.5. The van der Waals surface area contributed by atoms with Gasteiger partial charge in [-0.2, -0.15) is 13.2 Å². The molecule has 1 aromatic carbocycles. The smallest absolute Gasteiger partial charge is 0.401 e. The van der Waals surface area contributed by atoms with Crippen LogP contribution in [0.3, 0.4) is 0 Å². The standard InChI is InChI=1S/C20H29F3N4O.HI/c1-24-19(26-16-10-11-27(13-16)14-20(21,22)23)25-12-15-6-2-5-9-18(15)28-17-7-3-4-8-17;/h2,5-6,9,16-17H,3-4,7-8,10-14H2,1H3,(H2,24,25,26);1H. The van der Waals surface area contributed by atoms with Crippen molar-refractivity contribution < 1.29 is 17.9 Å². The third-order valence-electron chi connectivity index (χ3n) is 5.25. The number of hydrogen-bond acceptors (Lipinski definition) is 3. The molecule has 1 aliphatic carbocycles. The van der Waals surface area contributed by atoms with E-state index >= 15 is 0 Å². The second-order valence-electron chi connectivity index (χ2n) is 7.54. The van der Waals surface area contributed by atoms with Gasteiger partial charge < -0.3 is 15.4 Å². The van der Waals surface area contributed by atoms with Gasteiger partial charge in [-0.1, -0.05) is 18.2 Å². The molecule has 0 bridgehead atoms. The molecule has 1 aromatic rings. The van der Waals surface area contributed by atoms with Gasteiger partial charge in [-0.3, -0.25) is 9.89 Å². The van der Waals surface area contributed by atoms with Crippen LogP contribution in [0.15, 0.2) is 29.3 Å². The minimum atomic E-state index is -4.15. The van der Waals surface area contributed by atoms with Crippen molar-refractivity contribution in [2.24, 2.45) is 4.99 Å². The topological polar surface area (TPSA) is 48.9 Å². The monoisotopic (exact) mass is 526 g/mol. The lowest BCUT2D eigenvalue weighted by Crippen LogP contribution is -2.45. The van der Waals surface area contributed by atoms with Crippen LogP contribution in [0, 0.1) is 0 Å². The van der Waals surface area contributed by atoms with Gasteiger partial charge in [-0.25, -0.2) is 0 Å². The number of ether oxygens (including phenoxy) is 1. The van der Waals surface area contributed by atoms with Gasteiger partial charge in [0.2, 0.25) is 0 Å². The molecule has 164 valence electrons. The first-order valence-corrected chi connectivity index (χ1v) is 9.94. The van der Waals surface area contributed by atoms with Crippen molar-refractivity contribution in [2.45, 2.75) is 57.0 Å².